The van der Waals surface area contributed by atoms with Crippen molar-refractivity contribution in [2.24, 2.45) is 0 Å². The van der Waals surface area contributed by atoms with Crippen molar-refractivity contribution in [3.8, 4) is 0 Å². The maximum atomic E-state index is 11.8. The van der Waals surface area contributed by atoms with Gasteiger partial charge in [-0.2, -0.15) is 0 Å². The van der Waals surface area contributed by atoms with Crippen LogP contribution in [0.15, 0.2) is 23.1 Å². The molecule has 0 amide bonds. The summed E-state index contributed by atoms with van der Waals surface area (Å²) >= 11 is 0. The molecule has 1 aromatic rings. The van der Waals surface area contributed by atoms with Crippen LogP contribution in [0.1, 0.15) is 6.42 Å². The fourth-order valence-electron chi connectivity index (χ4n) is 2.49. The molecule has 0 aromatic heterocycles. The van der Waals surface area contributed by atoms with Crippen molar-refractivity contribution in [1.82, 2.24) is 9.62 Å². The predicted molar refractivity (Wildman–Crippen MR) is 81.4 cm³/mol. The quantitative estimate of drug-likeness (QED) is 0.783. The Hall–Kier alpha value is -1.31. The van der Waals surface area contributed by atoms with Crippen LogP contribution in [0.4, 0.5) is 11.4 Å². The number of likely N-dealkylation sites (N-methyl/N-ethyl adjacent to an activating group) is 1. The van der Waals surface area contributed by atoms with E-state index in [-0.39, 0.29) is 10.6 Å². The molecular formula is C13H22N4O2S. The molecule has 3 N–H and O–H groups in total. The van der Waals surface area contributed by atoms with Gasteiger partial charge in [0.1, 0.15) is 4.90 Å². The molecule has 112 valence electrons. The van der Waals surface area contributed by atoms with Crippen LogP contribution in [0, 0.1) is 0 Å². The first-order valence-corrected chi connectivity index (χ1v) is 8.08. The Morgan fingerprint density at radius 2 is 2.10 bits per heavy atom. The maximum Gasteiger partial charge on any atom is 0.242 e. The van der Waals surface area contributed by atoms with E-state index in [0.29, 0.717) is 6.04 Å². The van der Waals surface area contributed by atoms with Crippen LogP contribution < -0.4 is 15.4 Å². The van der Waals surface area contributed by atoms with Gasteiger partial charge >= 0.3 is 0 Å². The largest absolute Gasteiger partial charge is 0.398 e. The highest BCUT2D eigenvalue weighted by Gasteiger charge is 2.25. The molecule has 6 nitrogen and oxygen atoms in total. The van der Waals surface area contributed by atoms with Crippen LogP contribution >= 0.6 is 0 Å². The third-order valence-electron chi connectivity index (χ3n) is 3.81. The van der Waals surface area contributed by atoms with Gasteiger partial charge in [-0.25, -0.2) is 13.1 Å². The third kappa shape index (κ3) is 2.89. The lowest BCUT2D eigenvalue weighted by Gasteiger charge is -2.22. The third-order valence-corrected chi connectivity index (χ3v) is 5.30. The first-order chi connectivity index (χ1) is 9.35. The molecule has 0 aliphatic carbocycles. The number of anilines is 2. The van der Waals surface area contributed by atoms with Crippen LogP contribution in [0.5, 0.6) is 0 Å². The number of sulfonamides is 1. The highest BCUT2D eigenvalue weighted by atomic mass is 32.2. The van der Waals surface area contributed by atoms with Crippen molar-refractivity contribution in [1.29, 1.82) is 0 Å². The Labute approximate surface area is 120 Å². The summed E-state index contributed by atoms with van der Waals surface area (Å²) in [6.45, 7) is 1.89. The van der Waals surface area contributed by atoms with Gasteiger partial charge < -0.3 is 15.5 Å². The van der Waals surface area contributed by atoms with E-state index in [1.54, 1.807) is 12.1 Å². The van der Waals surface area contributed by atoms with E-state index in [1.165, 1.54) is 7.05 Å². The zero-order chi connectivity index (χ0) is 14.9. The van der Waals surface area contributed by atoms with Gasteiger partial charge in [0.25, 0.3) is 0 Å². The van der Waals surface area contributed by atoms with Crippen molar-refractivity contribution in [2.45, 2.75) is 17.4 Å². The Bertz CT molecular complexity index is 586. The minimum atomic E-state index is -3.50. The lowest BCUT2D eigenvalue weighted by molar-refractivity contribution is 0.315. The number of benzene rings is 1. The molecule has 1 aromatic carbocycles. The minimum absolute atomic E-state index is 0.132. The molecule has 20 heavy (non-hydrogen) atoms. The van der Waals surface area contributed by atoms with E-state index in [4.69, 9.17) is 5.73 Å². The van der Waals surface area contributed by atoms with E-state index in [9.17, 15) is 8.42 Å². The van der Waals surface area contributed by atoms with Crippen LogP contribution in [-0.4, -0.2) is 53.6 Å². The molecule has 1 aliphatic heterocycles. The lowest BCUT2D eigenvalue weighted by atomic mass is 10.2. The number of rotatable bonds is 4. The Morgan fingerprint density at radius 3 is 2.60 bits per heavy atom. The lowest BCUT2D eigenvalue weighted by Crippen LogP contribution is -2.31. The SMILES string of the molecule is CNS(=O)(=O)c1ccc(N2CCC(N(C)C)C2)cc1N. The molecule has 2 rings (SSSR count). The molecule has 1 fully saturated rings. The Balaban J connectivity index is 2.23. The molecular weight excluding hydrogens is 276 g/mol. The monoisotopic (exact) mass is 298 g/mol. The van der Waals surface area contributed by atoms with Crippen molar-refractivity contribution in [3.63, 3.8) is 0 Å². The van der Waals surface area contributed by atoms with Gasteiger partial charge in [0.2, 0.25) is 10.0 Å². The number of hydrogen-bond acceptors (Lipinski definition) is 5. The molecule has 1 aliphatic rings. The fourth-order valence-corrected chi connectivity index (χ4v) is 3.32. The number of nitrogens with one attached hydrogen (secondary N) is 1. The normalized spacial score (nSPS) is 19.8. The van der Waals surface area contributed by atoms with Gasteiger partial charge in [0.05, 0.1) is 5.69 Å². The molecule has 1 unspecified atom stereocenters. The summed E-state index contributed by atoms with van der Waals surface area (Å²) < 4.78 is 25.9. The number of hydrogen-bond donors (Lipinski definition) is 2. The van der Waals surface area contributed by atoms with Gasteiger partial charge in [0, 0.05) is 24.8 Å². The zero-order valence-corrected chi connectivity index (χ0v) is 12.9. The highest BCUT2D eigenvalue weighted by Crippen LogP contribution is 2.27. The van der Waals surface area contributed by atoms with E-state index in [0.717, 1.165) is 25.2 Å². The Morgan fingerprint density at radius 1 is 1.40 bits per heavy atom. The van der Waals surface area contributed by atoms with Gasteiger partial charge in [-0.05, 0) is 45.8 Å². The smallest absolute Gasteiger partial charge is 0.242 e. The summed E-state index contributed by atoms with van der Waals surface area (Å²) in [4.78, 5) is 4.58. The molecule has 0 saturated carbocycles. The number of nitrogen functional groups attached to an aromatic ring is 1. The minimum Gasteiger partial charge on any atom is -0.398 e. The first-order valence-electron chi connectivity index (χ1n) is 6.59. The molecule has 0 bridgehead atoms. The van der Waals surface area contributed by atoms with Crippen molar-refractivity contribution in [3.05, 3.63) is 18.2 Å². The summed E-state index contributed by atoms with van der Waals surface area (Å²) in [6, 6.07) is 5.65. The summed E-state index contributed by atoms with van der Waals surface area (Å²) in [5.41, 5.74) is 7.15. The van der Waals surface area contributed by atoms with Gasteiger partial charge in [0.15, 0.2) is 0 Å². The molecule has 1 heterocycles. The zero-order valence-electron chi connectivity index (χ0n) is 12.1. The second kappa shape index (κ2) is 5.59. The van der Waals surface area contributed by atoms with Crippen molar-refractivity contribution >= 4 is 21.4 Å². The summed E-state index contributed by atoms with van der Waals surface area (Å²) in [5, 5.41) is 0. The molecule has 0 radical (unpaired) electrons. The molecule has 1 atom stereocenters. The first kappa shape index (κ1) is 15.1. The molecule has 7 heteroatoms. The number of nitrogens with two attached hydrogens (primary N) is 1. The topological polar surface area (TPSA) is 78.7 Å². The maximum absolute atomic E-state index is 11.8. The van der Waals surface area contributed by atoms with Crippen molar-refractivity contribution < 1.29 is 8.42 Å². The van der Waals surface area contributed by atoms with Crippen molar-refractivity contribution in [2.75, 3.05) is 44.9 Å². The number of nitrogens with zero attached hydrogens (tertiary/aromatic N) is 2. The van der Waals surface area contributed by atoms with E-state index in [2.05, 4.69) is 28.6 Å². The molecule has 1 saturated heterocycles. The highest BCUT2D eigenvalue weighted by molar-refractivity contribution is 7.89. The van der Waals surface area contributed by atoms with Gasteiger partial charge in [-0.15, -0.1) is 0 Å². The predicted octanol–water partition coefficient (Wildman–Crippen LogP) is 0.317. The standard InChI is InChI=1S/C13H22N4O2S/c1-15-20(18,19)13-5-4-10(8-12(13)14)17-7-6-11(9-17)16(2)3/h4-5,8,11,15H,6-7,9,14H2,1-3H3. The Kier molecular flexibility index (Phi) is 4.22. The summed E-state index contributed by atoms with van der Waals surface area (Å²) in [5.74, 6) is 0. The second-order valence-electron chi connectivity index (χ2n) is 5.28. The molecule has 0 spiro atoms. The second-order valence-corrected chi connectivity index (χ2v) is 7.14. The van der Waals surface area contributed by atoms with E-state index < -0.39 is 10.0 Å². The van der Waals surface area contributed by atoms with E-state index >= 15 is 0 Å². The van der Waals surface area contributed by atoms with Crippen LogP contribution in [0.2, 0.25) is 0 Å². The van der Waals surface area contributed by atoms with Crippen LogP contribution in [0.3, 0.4) is 0 Å². The average Bonchev–Trinajstić information content (AvgIpc) is 2.88. The summed E-state index contributed by atoms with van der Waals surface area (Å²) in [6.07, 6.45) is 1.10. The fraction of sp³-hybridized carbons (Fsp3) is 0.538. The van der Waals surface area contributed by atoms with Gasteiger partial charge in [-0.3, -0.25) is 0 Å². The summed E-state index contributed by atoms with van der Waals surface area (Å²) in [7, 11) is 2.03. The van der Waals surface area contributed by atoms with E-state index in [1.807, 2.05) is 6.07 Å². The van der Waals surface area contributed by atoms with Gasteiger partial charge in [-0.1, -0.05) is 0 Å². The van der Waals surface area contributed by atoms with Crippen LogP contribution in [0.25, 0.3) is 0 Å². The van der Waals surface area contributed by atoms with Crippen LogP contribution in [-0.2, 0) is 10.0 Å². The average molecular weight is 298 g/mol.